The van der Waals surface area contributed by atoms with E-state index < -0.39 is 0 Å². The minimum atomic E-state index is 1.50. The second-order valence-electron chi connectivity index (χ2n) is 1.41. The zero-order valence-corrected chi connectivity index (χ0v) is 4.88. The van der Waals surface area contributed by atoms with Gasteiger partial charge in [0, 0.05) is 13.1 Å². The molecule has 0 radical (unpaired) electrons. The number of nitrogens with zero attached hydrogens (tertiary/aromatic N) is 2. The quantitative estimate of drug-likeness (QED) is 0.477. The molecule has 1 rings (SSSR count). The summed E-state index contributed by atoms with van der Waals surface area (Å²) in [6, 6.07) is 0. The summed E-state index contributed by atoms with van der Waals surface area (Å²) in [5.74, 6) is 0. The van der Waals surface area contributed by atoms with Gasteiger partial charge in [0.1, 0.15) is 0 Å². The van der Waals surface area contributed by atoms with E-state index in [9.17, 15) is 0 Å². The van der Waals surface area contributed by atoms with Crippen molar-refractivity contribution in [1.82, 2.24) is 0 Å². The van der Waals surface area contributed by atoms with Crippen LogP contribution >= 0.6 is 0 Å². The predicted octanol–water partition coefficient (Wildman–Crippen LogP) is 1.84. The molecule has 0 saturated heterocycles. The highest BCUT2D eigenvalue weighted by Crippen LogP contribution is 2.15. The summed E-state index contributed by atoms with van der Waals surface area (Å²) >= 11 is 0. The van der Waals surface area contributed by atoms with Crippen molar-refractivity contribution in [3.63, 3.8) is 0 Å². The lowest BCUT2D eigenvalue weighted by Gasteiger charge is -2.05. The Hall–Kier alpha value is -1.02. The van der Waals surface area contributed by atoms with E-state index in [1.807, 2.05) is 0 Å². The summed E-state index contributed by atoms with van der Waals surface area (Å²) in [6.07, 6.45) is 6.00. The lowest BCUT2D eigenvalue weighted by molar-refractivity contribution is 0.504. The molecule has 1 fully saturated rings. The first-order chi connectivity index (χ1) is 4.00. The van der Waals surface area contributed by atoms with Crippen LogP contribution in [0.3, 0.4) is 0 Å². The van der Waals surface area contributed by atoms with Crippen LogP contribution in [-0.4, -0.2) is 0 Å². The van der Waals surface area contributed by atoms with Crippen molar-refractivity contribution in [2.75, 3.05) is 0 Å². The first kappa shape index (κ1) is 10.1. The van der Waals surface area contributed by atoms with Gasteiger partial charge in [-0.1, -0.05) is 25.7 Å². The molecule has 0 aromatic heterocycles. The van der Waals surface area contributed by atoms with Crippen molar-refractivity contribution in [2.24, 2.45) is 0 Å². The highest BCUT2D eigenvalue weighted by atomic mass is 14.2. The lowest BCUT2D eigenvalue weighted by atomic mass is 10.0. The van der Waals surface area contributed by atoms with Crippen LogP contribution in [0, 0.1) is 23.7 Å². The van der Waals surface area contributed by atoms with Crippen LogP contribution in [0.25, 0.3) is 0 Å². The molecule has 0 unspecified atom stereocenters. The van der Waals surface area contributed by atoms with Gasteiger partial charge in [-0.2, -0.15) is 0 Å². The number of hydrogen-bond acceptors (Lipinski definition) is 2. The number of rotatable bonds is 0. The van der Waals surface area contributed by atoms with E-state index in [2.05, 4.69) is 13.1 Å². The largest absolute Gasteiger partial charge is 0.202 e. The van der Waals surface area contributed by atoms with Crippen LogP contribution in [0.5, 0.6) is 0 Å². The molecule has 0 spiro atoms. The summed E-state index contributed by atoms with van der Waals surface area (Å²) in [5, 5.41) is 13.0. The molecule has 1 saturated carbocycles. The lowest BCUT2D eigenvalue weighted by Crippen LogP contribution is -1.85. The molecule has 0 amide bonds. The van der Waals surface area contributed by atoms with Crippen LogP contribution in [0.15, 0.2) is 0 Å². The van der Waals surface area contributed by atoms with E-state index in [4.69, 9.17) is 10.5 Å². The van der Waals surface area contributed by atoms with Gasteiger partial charge in [-0.15, -0.1) is 0 Å². The van der Waals surface area contributed by atoms with Crippen molar-refractivity contribution in [3.8, 4) is 13.1 Å². The zero-order valence-electron chi connectivity index (χ0n) is 4.88. The van der Waals surface area contributed by atoms with Crippen LogP contribution < -0.4 is 0 Å². The molecule has 0 heterocycles. The zero-order chi connectivity index (χ0) is 6.83. The molecule has 0 bridgehead atoms. The Labute approximate surface area is 50.4 Å². The van der Waals surface area contributed by atoms with Crippen molar-refractivity contribution < 1.29 is 0 Å². The number of hydrogen-bond donors (Lipinski definition) is 0. The average molecular weight is 110 g/mol. The SMILES string of the molecule is C#N.C#N.C1CCC1. The fraction of sp³-hybridized carbons (Fsp3) is 0.667. The molecule has 0 aliphatic heterocycles. The monoisotopic (exact) mass is 110 g/mol. The summed E-state index contributed by atoms with van der Waals surface area (Å²) < 4.78 is 0. The molecule has 0 atom stereocenters. The average Bonchev–Trinajstić information content (AvgIpc) is 1.72. The normalized spacial score (nSPS) is 12.5. The molecule has 1 aliphatic carbocycles. The Bertz CT molecular complexity index is 49.4. The Balaban J connectivity index is 0. The third-order valence-corrected chi connectivity index (χ3v) is 1.000. The molecule has 0 aromatic rings. The molecular weight excluding hydrogens is 100 g/mol. The standard InChI is InChI=1S/C4H8.2CHN/c1-2-4-3-1;2*1-2/h1-4H2;2*1H. The van der Waals surface area contributed by atoms with Gasteiger partial charge in [0.25, 0.3) is 0 Å². The molecule has 0 aromatic carbocycles. The van der Waals surface area contributed by atoms with Gasteiger partial charge in [0.2, 0.25) is 0 Å². The topological polar surface area (TPSA) is 47.6 Å². The predicted molar refractivity (Wildman–Crippen MR) is 31.8 cm³/mol. The van der Waals surface area contributed by atoms with E-state index in [0.29, 0.717) is 0 Å². The van der Waals surface area contributed by atoms with Crippen molar-refractivity contribution in [3.05, 3.63) is 0 Å². The molecule has 2 heteroatoms. The minimum Gasteiger partial charge on any atom is -0.202 e. The minimum absolute atomic E-state index is 1.50. The molecule has 8 heavy (non-hydrogen) atoms. The van der Waals surface area contributed by atoms with Crippen LogP contribution in [-0.2, 0) is 0 Å². The van der Waals surface area contributed by atoms with Gasteiger partial charge in [0.15, 0.2) is 0 Å². The van der Waals surface area contributed by atoms with Gasteiger partial charge >= 0.3 is 0 Å². The second kappa shape index (κ2) is 16.7. The first-order valence-corrected chi connectivity index (χ1v) is 2.52. The maximum atomic E-state index is 6.50. The molecule has 0 N–H and O–H groups in total. The summed E-state index contributed by atoms with van der Waals surface area (Å²) in [5.41, 5.74) is 0. The summed E-state index contributed by atoms with van der Waals surface area (Å²) in [4.78, 5) is 0. The van der Waals surface area contributed by atoms with E-state index in [1.54, 1.807) is 0 Å². The van der Waals surface area contributed by atoms with Crippen LogP contribution in [0.1, 0.15) is 25.7 Å². The van der Waals surface area contributed by atoms with E-state index >= 15 is 0 Å². The fourth-order valence-electron chi connectivity index (χ4n) is 0.250. The maximum absolute atomic E-state index is 6.50. The Kier molecular flexibility index (Phi) is 21.0. The third-order valence-electron chi connectivity index (χ3n) is 1.000. The third kappa shape index (κ3) is 8.88. The highest BCUT2D eigenvalue weighted by Gasteiger charge is 1.95. The summed E-state index contributed by atoms with van der Waals surface area (Å²) in [6.45, 7) is 7.00. The Morgan fingerprint density at radius 3 is 0.750 bits per heavy atom. The first-order valence-electron chi connectivity index (χ1n) is 2.52. The smallest absolute Gasteiger partial charge is 0.0462 e. The van der Waals surface area contributed by atoms with Crippen LogP contribution in [0.2, 0.25) is 0 Å². The van der Waals surface area contributed by atoms with Crippen molar-refractivity contribution in [1.29, 1.82) is 10.5 Å². The van der Waals surface area contributed by atoms with E-state index in [0.717, 1.165) is 0 Å². The molecule has 2 nitrogen and oxygen atoms in total. The van der Waals surface area contributed by atoms with Gasteiger partial charge in [-0.05, 0) is 0 Å². The van der Waals surface area contributed by atoms with Gasteiger partial charge in [-0.25, -0.2) is 10.5 Å². The van der Waals surface area contributed by atoms with Crippen molar-refractivity contribution in [2.45, 2.75) is 25.7 Å². The van der Waals surface area contributed by atoms with Gasteiger partial charge in [0.05, 0.1) is 0 Å². The van der Waals surface area contributed by atoms with Gasteiger partial charge < -0.3 is 0 Å². The second-order valence-corrected chi connectivity index (χ2v) is 1.41. The van der Waals surface area contributed by atoms with Gasteiger partial charge in [-0.3, -0.25) is 0 Å². The van der Waals surface area contributed by atoms with E-state index in [1.165, 1.54) is 25.7 Å². The Morgan fingerprint density at radius 2 is 0.750 bits per heavy atom. The van der Waals surface area contributed by atoms with Crippen molar-refractivity contribution >= 4 is 0 Å². The fourth-order valence-corrected chi connectivity index (χ4v) is 0.250. The summed E-state index contributed by atoms with van der Waals surface area (Å²) in [7, 11) is 0. The molecule has 1 aliphatic rings. The van der Waals surface area contributed by atoms with E-state index in [-0.39, 0.29) is 0 Å². The molecular formula is C6H10N2. The van der Waals surface area contributed by atoms with Crippen LogP contribution in [0.4, 0.5) is 0 Å². The molecule has 44 valence electrons. The highest BCUT2D eigenvalue weighted by molar-refractivity contribution is 4.50. The number of nitriles is 2. The Morgan fingerprint density at radius 1 is 0.625 bits per heavy atom. The maximum Gasteiger partial charge on any atom is 0.0462 e.